The number of hydrogen-bond donors (Lipinski definition) is 2. The maximum Gasteiger partial charge on any atom is 0.324 e. The Hall–Kier alpha value is -3.01. The first kappa shape index (κ1) is 19.3. The second kappa shape index (κ2) is 7.48. The molecule has 1 aliphatic rings. The third kappa shape index (κ3) is 2.77. The molecule has 0 heterocycles. The Morgan fingerprint density at radius 2 is 1.88 bits per heavy atom. The van der Waals surface area contributed by atoms with Gasteiger partial charge < -0.3 is 19.8 Å². The molecule has 1 saturated carbocycles. The summed E-state index contributed by atoms with van der Waals surface area (Å²) in [6, 6.07) is 5.47. The second-order valence-electron chi connectivity index (χ2n) is 5.81. The number of benzene rings is 1. The topological polar surface area (TPSA) is 149 Å². The van der Waals surface area contributed by atoms with Crippen LogP contribution in [0, 0.1) is 21.4 Å². The number of nitro benzene ring substituents is 1. The number of nitrogens with zero attached hydrogens (tertiary/aromatic N) is 2. The normalized spacial score (nSPS) is 22.8. The molecule has 0 aliphatic heterocycles. The van der Waals surface area contributed by atoms with Crippen molar-refractivity contribution >= 4 is 23.3 Å². The molecule has 10 nitrogen and oxygen atoms in total. The summed E-state index contributed by atoms with van der Waals surface area (Å²) in [6.07, 6.45) is -0.279. The number of carbonyl (C=O) groups is 2. The molecule has 1 fully saturated rings. The predicted molar refractivity (Wildman–Crippen MR) is 86.7 cm³/mol. The van der Waals surface area contributed by atoms with E-state index in [1.807, 2.05) is 0 Å². The number of aliphatic hydroxyl groups is 1. The Kier molecular flexibility index (Phi) is 5.56. The summed E-state index contributed by atoms with van der Waals surface area (Å²) in [6.45, 7) is -0.535. The number of esters is 2. The molecule has 0 aromatic heterocycles. The molecule has 10 heteroatoms. The van der Waals surface area contributed by atoms with Gasteiger partial charge in [0.25, 0.3) is 5.69 Å². The highest BCUT2D eigenvalue weighted by Gasteiger charge is 2.64. The Balaban J connectivity index is 2.84. The Labute approximate surface area is 148 Å². The minimum Gasteiger partial charge on any atom is -0.468 e. The molecule has 2 atom stereocenters. The molecule has 0 saturated heterocycles. The largest absolute Gasteiger partial charge is 0.468 e. The average Bonchev–Trinajstić information content (AvgIpc) is 3.01. The number of hydrogen-bond acceptors (Lipinski definition) is 9. The van der Waals surface area contributed by atoms with Crippen LogP contribution >= 0.6 is 0 Å². The summed E-state index contributed by atoms with van der Waals surface area (Å²) in [5.41, 5.74) is -2.53. The van der Waals surface area contributed by atoms with Gasteiger partial charge in [0.15, 0.2) is 5.41 Å². The van der Waals surface area contributed by atoms with E-state index < -0.39 is 40.7 Å². The second-order valence-corrected chi connectivity index (χ2v) is 5.81. The zero-order valence-corrected chi connectivity index (χ0v) is 14.1. The zero-order valence-electron chi connectivity index (χ0n) is 14.1. The number of carbonyl (C=O) groups excluding carboxylic acids is 2. The lowest BCUT2D eigenvalue weighted by atomic mass is 9.73. The van der Waals surface area contributed by atoms with E-state index in [9.17, 15) is 30.0 Å². The molecule has 1 aliphatic carbocycles. The fourth-order valence-electron chi connectivity index (χ4n) is 3.57. The van der Waals surface area contributed by atoms with Crippen LogP contribution in [0.2, 0.25) is 0 Å². The van der Waals surface area contributed by atoms with Crippen LogP contribution in [-0.4, -0.2) is 53.7 Å². The van der Waals surface area contributed by atoms with Crippen molar-refractivity contribution in [1.29, 1.82) is 0 Å². The summed E-state index contributed by atoms with van der Waals surface area (Å²) < 4.78 is 9.54. The summed E-state index contributed by atoms with van der Waals surface area (Å²) in [5.74, 6) is -4.21. The third-order valence-corrected chi connectivity index (χ3v) is 4.65. The highest BCUT2D eigenvalue weighted by atomic mass is 16.6. The van der Waals surface area contributed by atoms with Gasteiger partial charge in [0, 0.05) is 17.5 Å². The molecule has 0 unspecified atom stereocenters. The van der Waals surface area contributed by atoms with Crippen LogP contribution in [0.15, 0.2) is 29.4 Å². The van der Waals surface area contributed by atoms with Gasteiger partial charge in [0.2, 0.25) is 0 Å². The van der Waals surface area contributed by atoms with Crippen molar-refractivity contribution in [2.24, 2.45) is 16.5 Å². The van der Waals surface area contributed by atoms with Gasteiger partial charge in [-0.15, -0.1) is 0 Å². The first-order valence-corrected chi connectivity index (χ1v) is 7.61. The van der Waals surface area contributed by atoms with Gasteiger partial charge in [-0.3, -0.25) is 19.7 Å². The van der Waals surface area contributed by atoms with E-state index in [1.54, 1.807) is 0 Å². The summed E-state index contributed by atoms with van der Waals surface area (Å²) in [4.78, 5) is 36.0. The number of ether oxygens (including phenoxy) is 2. The molecule has 1 aromatic rings. The van der Waals surface area contributed by atoms with E-state index >= 15 is 0 Å². The highest BCUT2D eigenvalue weighted by molar-refractivity contribution is 6.12. The number of nitro groups is 1. The quantitative estimate of drug-likeness (QED) is 0.256. The number of methoxy groups -OCH3 is 2. The first-order chi connectivity index (χ1) is 12.4. The number of rotatable bonds is 5. The van der Waals surface area contributed by atoms with E-state index in [2.05, 4.69) is 5.16 Å². The summed E-state index contributed by atoms with van der Waals surface area (Å²) in [5, 5.41) is 33.7. The van der Waals surface area contributed by atoms with Gasteiger partial charge >= 0.3 is 11.9 Å². The smallest absolute Gasteiger partial charge is 0.324 e. The molecule has 2 N–H and O–H groups in total. The van der Waals surface area contributed by atoms with Crippen LogP contribution < -0.4 is 0 Å². The minimum atomic E-state index is -2.02. The number of aliphatic hydroxyl groups excluding tert-OH is 1. The number of oxime groups is 1. The molecule has 140 valence electrons. The summed E-state index contributed by atoms with van der Waals surface area (Å²) >= 11 is 0. The highest BCUT2D eigenvalue weighted by Crippen LogP contribution is 2.53. The minimum absolute atomic E-state index is 0.0166. The molecular weight excluding hydrogens is 348 g/mol. The maximum atomic E-state index is 12.6. The van der Waals surface area contributed by atoms with Gasteiger partial charge in [-0.05, 0) is 6.42 Å². The summed E-state index contributed by atoms with van der Waals surface area (Å²) in [7, 11) is 2.12. The number of para-hydroxylation sites is 1. The molecule has 2 rings (SSSR count). The van der Waals surface area contributed by atoms with Crippen molar-refractivity contribution in [3.05, 3.63) is 39.9 Å². The molecule has 0 amide bonds. The average molecular weight is 366 g/mol. The van der Waals surface area contributed by atoms with Gasteiger partial charge in [-0.2, -0.15) is 0 Å². The van der Waals surface area contributed by atoms with Crippen LogP contribution in [0.5, 0.6) is 0 Å². The van der Waals surface area contributed by atoms with E-state index in [4.69, 9.17) is 9.47 Å². The van der Waals surface area contributed by atoms with Crippen molar-refractivity contribution < 1.29 is 34.3 Å². The Morgan fingerprint density at radius 1 is 1.31 bits per heavy atom. The van der Waals surface area contributed by atoms with E-state index in [-0.39, 0.29) is 23.4 Å². The molecular formula is C16H18N2O8. The fourth-order valence-corrected chi connectivity index (χ4v) is 3.57. The van der Waals surface area contributed by atoms with Crippen LogP contribution in [0.25, 0.3) is 0 Å². The Bertz CT molecular complexity index is 744. The molecule has 0 radical (unpaired) electrons. The van der Waals surface area contributed by atoms with Gasteiger partial charge in [0.05, 0.1) is 37.4 Å². The van der Waals surface area contributed by atoms with Crippen molar-refractivity contribution in [2.45, 2.75) is 12.3 Å². The van der Waals surface area contributed by atoms with Crippen molar-refractivity contribution in [3.8, 4) is 0 Å². The lowest BCUT2D eigenvalue weighted by Crippen LogP contribution is -2.44. The molecule has 0 spiro atoms. The lowest BCUT2D eigenvalue weighted by Gasteiger charge is -2.29. The predicted octanol–water partition coefficient (Wildman–Crippen LogP) is 0.853. The van der Waals surface area contributed by atoms with Crippen LogP contribution in [0.3, 0.4) is 0 Å². The van der Waals surface area contributed by atoms with E-state index in [0.717, 1.165) is 14.2 Å². The fraction of sp³-hybridized carbons (Fsp3) is 0.438. The van der Waals surface area contributed by atoms with Crippen molar-refractivity contribution in [1.82, 2.24) is 0 Å². The van der Waals surface area contributed by atoms with Gasteiger partial charge in [-0.25, -0.2) is 0 Å². The SMILES string of the molecule is COC(=O)C1(C(=O)OC)C[C@@H](CO)/C(=N/O)[C@@H]1c1ccccc1[N+](=O)[O-]. The monoisotopic (exact) mass is 366 g/mol. The first-order valence-electron chi connectivity index (χ1n) is 7.61. The van der Waals surface area contributed by atoms with Crippen molar-refractivity contribution in [3.63, 3.8) is 0 Å². The van der Waals surface area contributed by atoms with Gasteiger partial charge in [-0.1, -0.05) is 23.4 Å². The molecule has 26 heavy (non-hydrogen) atoms. The van der Waals surface area contributed by atoms with Crippen LogP contribution in [0.4, 0.5) is 5.69 Å². The van der Waals surface area contributed by atoms with Crippen molar-refractivity contribution in [2.75, 3.05) is 20.8 Å². The third-order valence-electron chi connectivity index (χ3n) is 4.65. The Morgan fingerprint density at radius 3 is 2.35 bits per heavy atom. The van der Waals surface area contributed by atoms with Crippen LogP contribution in [-0.2, 0) is 19.1 Å². The van der Waals surface area contributed by atoms with Gasteiger partial charge in [0.1, 0.15) is 0 Å². The van der Waals surface area contributed by atoms with E-state index in [1.165, 1.54) is 24.3 Å². The van der Waals surface area contributed by atoms with Crippen LogP contribution in [0.1, 0.15) is 17.9 Å². The lowest BCUT2D eigenvalue weighted by molar-refractivity contribution is -0.385. The maximum absolute atomic E-state index is 12.6. The standard InChI is InChI=1S/C16H18N2O8/c1-25-14(20)16(15(21)26-2)7-9(8-19)13(17-22)12(16)10-5-3-4-6-11(10)18(23)24/h3-6,9,12,19,22H,7-8H2,1-2H3/b17-13-/t9-,12-/m0/s1. The molecule has 1 aromatic carbocycles. The zero-order chi connectivity index (χ0) is 19.5. The molecule has 0 bridgehead atoms. The van der Waals surface area contributed by atoms with E-state index in [0.29, 0.717) is 0 Å².